The molecule has 0 unspecified atom stereocenters. The number of rotatable bonds is 4. The SMILES string of the molecule is CC(=O)Nc1nc(C2CCN(c3nnnn3-c3ccccc3Cl)CC2)c(C)[nH]1. The first-order valence-corrected chi connectivity index (χ1v) is 9.53. The molecule has 0 atom stereocenters. The molecule has 0 saturated carbocycles. The van der Waals surface area contributed by atoms with E-state index < -0.39 is 0 Å². The predicted molar refractivity (Wildman–Crippen MR) is 106 cm³/mol. The van der Waals surface area contributed by atoms with Crippen LogP contribution in [-0.2, 0) is 4.79 Å². The van der Waals surface area contributed by atoms with Gasteiger partial charge in [-0.1, -0.05) is 28.8 Å². The molecule has 9 nitrogen and oxygen atoms in total. The topological polar surface area (TPSA) is 105 Å². The molecule has 1 aliphatic heterocycles. The Hall–Kier alpha value is -2.94. The summed E-state index contributed by atoms with van der Waals surface area (Å²) >= 11 is 6.31. The van der Waals surface area contributed by atoms with Crippen LogP contribution in [0.5, 0.6) is 0 Å². The average Bonchev–Trinajstić information content (AvgIpc) is 3.28. The molecule has 146 valence electrons. The zero-order chi connectivity index (χ0) is 19.7. The number of tetrazole rings is 1. The van der Waals surface area contributed by atoms with Gasteiger partial charge in [0.25, 0.3) is 0 Å². The highest BCUT2D eigenvalue weighted by atomic mass is 35.5. The quantitative estimate of drug-likeness (QED) is 0.697. The van der Waals surface area contributed by atoms with Gasteiger partial charge in [0.2, 0.25) is 17.8 Å². The molecule has 0 radical (unpaired) electrons. The smallest absolute Gasteiger partial charge is 0.250 e. The van der Waals surface area contributed by atoms with E-state index in [0.29, 0.717) is 22.8 Å². The fourth-order valence-electron chi connectivity index (χ4n) is 3.61. The van der Waals surface area contributed by atoms with Gasteiger partial charge in [0.05, 0.1) is 16.4 Å². The Balaban J connectivity index is 1.49. The molecule has 1 fully saturated rings. The first-order chi connectivity index (χ1) is 13.5. The second kappa shape index (κ2) is 7.59. The number of H-pyrrole nitrogens is 1. The number of carbonyl (C=O) groups excluding carboxylic acids is 1. The number of halogens is 1. The van der Waals surface area contributed by atoms with Crippen molar-refractivity contribution in [3.8, 4) is 5.69 Å². The van der Waals surface area contributed by atoms with Crippen molar-refractivity contribution >= 4 is 29.4 Å². The molecule has 3 heterocycles. The Morgan fingerprint density at radius 1 is 1.29 bits per heavy atom. The molecular weight excluding hydrogens is 380 g/mol. The second-order valence-corrected chi connectivity index (χ2v) is 7.29. The van der Waals surface area contributed by atoms with Gasteiger partial charge >= 0.3 is 0 Å². The minimum atomic E-state index is -0.137. The molecule has 1 saturated heterocycles. The summed E-state index contributed by atoms with van der Waals surface area (Å²) in [6.45, 7) is 5.06. The summed E-state index contributed by atoms with van der Waals surface area (Å²) in [5.74, 6) is 1.37. The van der Waals surface area contributed by atoms with Gasteiger partial charge in [-0.25, -0.2) is 4.98 Å². The van der Waals surface area contributed by atoms with Crippen molar-refractivity contribution in [1.29, 1.82) is 0 Å². The number of hydrogen-bond donors (Lipinski definition) is 2. The Morgan fingerprint density at radius 3 is 2.75 bits per heavy atom. The van der Waals surface area contributed by atoms with Crippen LogP contribution >= 0.6 is 11.6 Å². The Labute approximate surface area is 167 Å². The van der Waals surface area contributed by atoms with E-state index in [0.717, 1.165) is 43.0 Å². The summed E-state index contributed by atoms with van der Waals surface area (Å²) in [4.78, 5) is 21.1. The average molecular weight is 401 g/mol. The number of aromatic amines is 1. The van der Waals surface area contributed by atoms with Gasteiger partial charge in [-0.3, -0.25) is 10.1 Å². The van der Waals surface area contributed by atoms with E-state index in [-0.39, 0.29) is 5.91 Å². The van der Waals surface area contributed by atoms with Crippen LogP contribution in [0.3, 0.4) is 0 Å². The lowest BCUT2D eigenvalue weighted by Gasteiger charge is -2.31. The molecule has 0 spiro atoms. The highest BCUT2D eigenvalue weighted by Gasteiger charge is 2.27. The van der Waals surface area contributed by atoms with E-state index in [1.807, 2.05) is 31.2 Å². The fraction of sp³-hybridized carbons (Fsp3) is 0.389. The van der Waals surface area contributed by atoms with Gasteiger partial charge in [-0.2, -0.15) is 4.68 Å². The number of anilines is 2. The minimum absolute atomic E-state index is 0.137. The largest absolute Gasteiger partial charge is 0.339 e. The van der Waals surface area contributed by atoms with Gasteiger partial charge in [0.1, 0.15) is 0 Å². The van der Waals surface area contributed by atoms with Crippen LogP contribution in [0.25, 0.3) is 5.69 Å². The molecule has 0 bridgehead atoms. The van der Waals surface area contributed by atoms with Crippen LogP contribution in [0.15, 0.2) is 24.3 Å². The maximum absolute atomic E-state index is 11.2. The lowest BCUT2D eigenvalue weighted by Crippen LogP contribution is -2.35. The monoisotopic (exact) mass is 400 g/mol. The van der Waals surface area contributed by atoms with Crippen LogP contribution in [0.1, 0.15) is 37.1 Å². The Bertz CT molecular complexity index is 989. The number of benzene rings is 1. The van der Waals surface area contributed by atoms with Gasteiger partial charge < -0.3 is 9.88 Å². The van der Waals surface area contributed by atoms with Crippen LogP contribution in [0.2, 0.25) is 5.02 Å². The lowest BCUT2D eigenvalue weighted by atomic mass is 9.93. The summed E-state index contributed by atoms with van der Waals surface area (Å²) < 4.78 is 1.68. The third-order valence-electron chi connectivity index (χ3n) is 4.91. The maximum Gasteiger partial charge on any atom is 0.250 e. The number of nitrogens with zero attached hydrogens (tertiary/aromatic N) is 6. The van der Waals surface area contributed by atoms with Crippen LogP contribution in [-0.4, -0.2) is 49.2 Å². The molecule has 2 N–H and O–H groups in total. The van der Waals surface area contributed by atoms with Crippen molar-refractivity contribution in [3.63, 3.8) is 0 Å². The van der Waals surface area contributed by atoms with E-state index in [1.54, 1.807) is 4.68 Å². The molecule has 3 aromatic rings. The zero-order valence-corrected chi connectivity index (χ0v) is 16.4. The fourth-order valence-corrected chi connectivity index (χ4v) is 3.82. The van der Waals surface area contributed by atoms with Crippen molar-refractivity contribution in [2.45, 2.75) is 32.6 Å². The number of aryl methyl sites for hydroxylation is 1. The number of imidazole rings is 1. The van der Waals surface area contributed by atoms with Crippen molar-refractivity contribution in [2.75, 3.05) is 23.3 Å². The predicted octanol–water partition coefficient (Wildman–Crippen LogP) is 2.69. The molecule has 4 rings (SSSR count). The number of carbonyl (C=O) groups is 1. The summed E-state index contributed by atoms with van der Waals surface area (Å²) in [6, 6.07) is 7.50. The third-order valence-corrected chi connectivity index (χ3v) is 5.23. The molecule has 2 aromatic heterocycles. The van der Waals surface area contributed by atoms with E-state index in [1.165, 1.54) is 6.92 Å². The van der Waals surface area contributed by atoms with Crippen LogP contribution in [0, 0.1) is 6.92 Å². The normalized spacial score (nSPS) is 15.0. The molecule has 28 heavy (non-hydrogen) atoms. The summed E-state index contributed by atoms with van der Waals surface area (Å²) in [6.07, 6.45) is 1.83. The molecular formula is C18H21ClN8O. The van der Waals surface area contributed by atoms with E-state index >= 15 is 0 Å². The lowest BCUT2D eigenvalue weighted by molar-refractivity contribution is -0.114. The number of piperidine rings is 1. The Morgan fingerprint density at radius 2 is 2.04 bits per heavy atom. The first kappa shape index (κ1) is 18.4. The minimum Gasteiger partial charge on any atom is -0.339 e. The maximum atomic E-state index is 11.2. The van der Waals surface area contributed by atoms with Crippen molar-refractivity contribution in [2.24, 2.45) is 0 Å². The molecule has 1 aromatic carbocycles. The number of para-hydroxylation sites is 1. The molecule has 10 heteroatoms. The summed E-state index contributed by atoms with van der Waals surface area (Å²) in [7, 11) is 0. The number of hydrogen-bond acceptors (Lipinski definition) is 6. The number of nitrogens with one attached hydrogen (secondary N) is 2. The Kier molecular flexibility index (Phi) is 4.99. The number of amides is 1. The zero-order valence-electron chi connectivity index (χ0n) is 15.7. The second-order valence-electron chi connectivity index (χ2n) is 6.88. The van der Waals surface area contributed by atoms with E-state index in [2.05, 4.69) is 35.7 Å². The third kappa shape index (κ3) is 3.57. The molecule has 1 aliphatic rings. The van der Waals surface area contributed by atoms with Crippen molar-refractivity contribution in [1.82, 2.24) is 30.2 Å². The summed E-state index contributed by atoms with van der Waals surface area (Å²) in [5, 5.41) is 15.5. The van der Waals surface area contributed by atoms with E-state index in [9.17, 15) is 4.79 Å². The standard InChI is InChI=1S/C18H21ClN8O/c1-11-16(22-17(20-11)21-12(2)28)13-7-9-26(10-8-13)18-23-24-25-27(18)15-6-4-3-5-14(15)19/h3-6,13H,7-10H2,1-2H3,(H2,20,21,22,28). The van der Waals surface area contributed by atoms with Crippen molar-refractivity contribution < 1.29 is 4.79 Å². The number of aromatic nitrogens is 6. The van der Waals surface area contributed by atoms with Gasteiger partial charge in [0.15, 0.2) is 0 Å². The van der Waals surface area contributed by atoms with Crippen LogP contribution < -0.4 is 10.2 Å². The molecule has 1 amide bonds. The first-order valence-electron chi connectivity index (χ1n) is 9.15. The van der Waals surface area contributed by atoms with Gasteiger partial charge in [-0.05, 0) is 42.3 Å². The van der Waals surface area contributed by atoms with Crippen molar-refractivity contribution in [3.05, 3.63) is 40.7 Å². The molecule has 0 aliphatic carbocycles. The summed E-state index contributed by atoms with van der Waals surface area (Å²) in [5.41, 5.74) is 2.76. The van der Waals surface area contributed by atoms with Crippen LogP contribution in [0.4, 0.5) is 11.9 Å². The van der Waals surface area contributed by atoms with Gasteiger partial charge in [-0.15, -0.1) is 0 Å². The highest BCUT2D eigenvalue weighted by molar-refractivity contribution is 6.32. The van der Waals surface area contributed by atoms with E-state index in [4.69, 9.17) is 11.6 Å². The van der Waals surface area contributed by atoms with Gasteiger partial charge in [0, 0.05) is 31.6 Å². The highest BCUT2D eigenvalue weighted by Crippen LogP contribution is 2.32.